The van der Waals surface area contributed by atoms with Gasteiger partial charge >= 0.3 is 23.9 Å². The molecule has 2 fully saturated rings. The minimum atomic E-state index is -2.15. The van der Waals surface area contributed by atoms with Crippen molar-refractivity contribution >= 4 is 35.5 Å². The molecule has 37 heavy (non-hydrogen) atoms. The van der Waals surface area contributed by atoms with Crippen LogP contribution in [0.2, 0.25) is 0 Å². The van der Waals surface area contributed by atoms with Gasteiger partial charge in [-0.2, -0.15) is 0 Å². The van der Waals surface area contributed by atoms with E-state index in [0.717, 1.165) is 0 Å². The molecule has 11 heteroatoms. The molecule has 0 unspecified atom stereocenters. The minimum Gasteiger partial charge on any atom is -0.459 e. The van der Waals surface area contributed by atoms with Crippen LogP contribution in [0.5, 0.6) is 0 Å². The third kappa shape index (κ3) is 4.28. The first-order chi connectivity index (χ1) is 17.2. The Hall–Kier alpha value is -2.69. The third-order valence-corrected chi connectivity index (χ3v) is 8.40. The van der Waals surface area contributed by atoms with Crippen LogP contribution in [-0.2, 0) is 42.9 Å². The van der Waals surface area contributed by atoms with Gasteiger partial charge in [-0.25, -0.2) is 0 Å². The topological polar surface area (TPSA) is 138 Å². The van der Waals surface area contributed by atoms with Gasteiger partial charge in [-0.1, -0.05) is 25.7 Å². The van der Waals surface area contributed by atoms with Crippen molar-refractivity contribution in [2.75, 3.05) is 6.61 Å². The number of rotatable bonds is 3. The monoisotopic (exact) mass is 538 g/mol. The molecule has 0 radical (unpaired) electrons. The molecule has 10 atom stereocenters. The van der Waals surface area contributed by atoms with E-state index in [2.05, 4.69) is 6.58 Å². The van der Waals surface area contributed by atoms with E-state index in [-0.39, 0.29) is 12.2 Å². The summed E-state index contributed by atoms with van der Waals surface area (Å²) in [7, 11) is 0. The molecule has 1 spiro atoms. The van der Waals surface area contributed by atoms with Crippen molar-refractivity contribution in [3.8, 4) is 0 Å². The quantitative estimate of drug-likeness (QED) is 0.186. The fraction of sp³-hybridized carbons (Fsp3) is 0.615. The Morgan fingerprint density at radius 3 is 2.19 bits per heavy atom. The summed E-state index contributed by atoms with van der Waals surface area (Å²) in [5.74, 6) is -4.82. The Morgan fingerprint density at radius 2 is 1.65 bits per heavy atom. The summed E-state index contributed by atoms with van der Waals surface area (Å²) in [6.45, 7) is 10.9. The number of ether oxygens (including phenoxy) is 5. The first-order valence-electron chi connectivity index (χ1n) is 12.0. The highest BCUT2D eigenvalue weighted by atomic mass is 35.5. The van der Waals surface area contributed by atoms with E-state index in [1.165, 1.54) is 27.7 Å². The fourth-order valence-corrected chi connectivity index (χ4v) is 6.31. The van der Waals surface area contributed by atoms with Crippen LogP contribution in [0.25, 0.3) is 0 Å². The summed E-state index contributed by atoms with van der Waals surface area (Å²) >= 11 is 6.69. The summed E-state index contributed by atoms with van der Waals surface area (Å²) in [6.07, 6.45) is 1.76. The van der Waals surface area contributed by atoms with Gasteiger partial charge in [-0.15, -0.1) is 11.6 Å². The largest absolute Gasteiger partial charge is 0.459 e. The van der Waals surface area contributed by atoms with Gasteiger partial charge in [0.15, 0.2) is 17.8 Å². The Bertz CT molecular complexity index is 1090. The second-order valence-corrected chi connectivity index (χ2v) is 10.8. The molecule has 2 aliphatic carbocycles. The van der Waals surface area contributed by atoms with Crippen molar-refractivity contribution in [3.63, 3.8) is 0 Å². The predicted octanol–water partition coefficient (Wildman–Crippen LogP) is 1.77. The van der Waals surface area contributed by atoms with E-state index in [1.807, 2.05) is 0 Å². The van der Waals surface area contributed by atoms with Crippen molar-refractivity contribution < 1.29 is 48.0 Å². The normalized spacial score (nSPS) is 45.2. The van der Waals surface area contributed by atoms with Crippen LogP contribution in [0, 0.1) is 17.3 Å². The number of fused-ring (bicyclic) bond motifs is 3. The lowest BCUT2D eigenvalue weighted by Gasteiger charge is -2.53. The van der Waals surface area contributed by atoms with Crippen LogP contribution in [0.1, 0.15) is 34.6 Å². The highest BCUT2D eigenvalue weighted by Gasteiger charge is 2.75. The van der Waals surface area contributed by atoms with Gasteiger partial charge in [-0.05, 0) is 24.6 Å². The van der Waals surface area contributed by atoms with E-state index in [0.29, 0.717) is 0 Å². The van der Waals surface area contributed by atoms with Gasteiger partial charge in [0.05, 0.1) is 17.9 Å². The first kappa shape index (κ1) is 27.3. The lowest BCUT2D eigenvalue weighted by atomic mass is 9.56. The molecule has 0 aromatic carbocycles. The average molecular weight is 539 g/mol. The molecule has 0 amide bonds. The number of esters is 4. The van der Waals surface area contributed by atoms with Crippen LogP contribution in [0.4, 0.5) is 0 Å². The van der Waals surface area contributed by atoms with Crippen LogP contribution < -0.4 is 0 Å². The molecule has 10 nitrogen and oxygen atoms in total. The van der Waals surface area contributed by atoms with Crippen LogP contribution in [0.15, 0.2) is 36.5 Å². The summed E-state index contributed by atoms with van der Waals surface area (Å²) in [6, 6.07) is 0. The standard InChI is InChI=1S/C26H31ClO10/c1-12-7-8-17(34-14(3)28)24(6)10-9-18(35-15(4)29)25(11-33-25)20(24)22(36-16(5)30)26(32)13(2)23(31)37-21(26)19(12)27/h7-10,13,17-22,32H,1,11H2,2-6H3/b8-7-/t13-,17+,18+,19-,20+,21+,22+,24+,25+,26-/m0/s1. The number of halogens is 1. The third-order valence-electron chi connectivity index (χ3n) is 7.89. The number of aliphatic hydroxyl groups is 1. The maximum Gasteiger partial charge on any atom is 0.312 e. The maximum absolute atomic E-state index is 12.8. The van der Waals surface area contributed by atoms with Crippen LogP contribution >= 0.6 is 11.6 Å². The number of carbonyl (C=O) groups excluding carboxylic acids is 4. The van der Waals surface area contributed by atoms with Crippen molar-refractivity contribution in [2.45, 2.75) is 75.6 Å². The van der Waals surface area contributed by atoms with Gasteiger partial charge in [0.1, 0.15) is 17.8 Å². The highest BCUT2D eigenvalue weighted by Crippen LogP contribution is 2.60. The van der Waals surface area contributed by atoms with Crippen molar-refractivity contribution in [1.82, 2.24) is 0 Å². The molecule has 2 saturated heterocycles. The average Bonchev–Trinajstić information content (AvgIpc) is 3.55. The molecule has 1 N–H and O–H groups in total. The molecule has 4 rings (SSSR count). The summed E-state index contributed by atoms with van der Waals surface area (Å²) in [5, 5.41) is 11.2. The van der Waals surface area contributed by atoms with Gasteiger partial charge < -0.3 is 28.8 Å². The van der Waals surface area contributed by atoms with E-state index in [1.54, 1.807) is 31.2 Å². The molecule has 2 heterocycles. The Morgan fingerprint density at radius 1 is 1.08 bits per heavy atom. The van der Waals surface area contributed by atoms with Gasteiger partial charge in [0.25, 0.3) is 0 Å². The van der Waals surface area contributed by atoms with E-state index < -0.39 is 82.1 Å². The van der Waals surface area contributed by atoms with E-state index >= 15 is 0 Å². The smallest absolute Gasteiger partial charge is 0.312 e. The zero-order valence-corrected chi connectivity index (χ0v) is 22.0. The highest BCUT2D eigenvalue weighted by molar-refractivity contribution is 6.23. The molecule has 0 aromatic rings. The zero-order valence-electron chi connectivity index (χ0n) is 21.3. The fourth-order valence-electron chi connectivity index (χ4n) is 5.98. The van der Waals surface area contributed by atoms with Crippen molar-refractivity contribution in [2.24, 2.45) is 17.3 Å². The SMILES string of the molecule is C=C1/C=C\[C@@H](OC(C)=O)[C@@]2(C)C=C[C@@H](OC(C)=O)[C@]3(CO3)[C@@H]2[C@@H](OC(C)=O)[C@@]2(O)[C@H](OC(=O)[C@@H]2C)[C@H]1Cl. The van der Waals surface area contributed by atoms with E-state index in [4.69, 9.17) is 35.3 Å². The van der Waals surface area contributed by atoms with Crippen molar-refractivity contribution in [3.05, 3.63) is 36.5 Å². The molecule has 4 aliphatic rings. The molecule has 0 saturated carbocycles. The second-order valence-electron chi connectivity index (χ2n) is 10.3. The molecule has 0 bridgehead atoms. The molecule has 0 aromatic heterocycles. The Labute approximate surface area is 219 Å². The predicted molar refractivity (Wildman–Crippen MR) is 128 cm³/mol. The van der Waals surface area contributed by atoms with Gasteiger partial charge in [0, 0.05) is 32.1 Å². The summed E-state index contributed by atoms with van der Waals surface area (Å²) in [4.78, 5) is 49.5. The Balaban J connectivity index is 2.03. The number of hydrogen-bond donors (Lipinski definition) is 1. The lowest BCUT2D eigenvalue weighted by Crippen LogP contribution is -2.68. The zero-order chi connectivity index (χ0) is 27.5. The lowest BCUT2D eigenvalue weighted by molar-refractivity contribution is -0.214. The Kier molecular flexibility index (Phi) is 6.84. The number of hydrogen-bond acceptors (Lipinski definition) is 10. The minimum absolute atomic E-state index is 0.0742. The molecule has 2 aliphatic heterocycles. The number of epoxide rings is 1. The van der Waals surface area contributed by atoms with E-state index in [9.17, 15) is 24.3 Å². The molecular weight excluding hydrogens is 508 g/mol. The van der Waals surface area contributed by atoms with Crippen LogP contribution in [0.3, 0.4) is 0 Å². The summed E-state index contributed by atoms with van der Waals surface area (Å²) in [5.41, 5.74) is -4.34. The second kappa shape index (κ2) is 9.25. The molecular formula is C26H31ClO10. The van der Waals surface area contributed by atoms with Gasteiger partial charge in [-0.3, -0.25) is 19.2 Å². The first-order valence-corrected chi connectivity index (χ1v) is 12.4. The molecule has 202 valence electrons. The van der Waals surface area contributed by atoms with Crippen molar-refractivity contribution in [1.29, 1.82) is 0 Å². The maximum atomic E-state index is 12.8. The summed E-state index contributed by atoms with van der Waals surface area (Å²) < 4.78 is 28.6. The number of carbonyl (C=O) groups is 4. The number of allylic oxidation sites excluding steroid dienone is 1. The number of alkyl halides is 1. The van der Waals surface area contributed by atoms with Crippen LogP contribution in [-0.4, -0.2) is 76.6 Å². The van der Waals surface area contributed by atoms with Gasteiger partial charge in [0.2, 0.25) is 0 Å².